The second-order valence-corrected chi connectivity index (χ2v) is 7.33. The maximum atomic E-state index is 4.84. The number of hydrogen-bond donors (Lipinski definition) is 0. The van der Waals surface area contributed by atoms with Crippen LogP contribution in [0.15, 0.2) is 77.5 Å². The monoisotopic (exact) mass is 415 g/mol. The molecule has 1 aromatic carbocycles. The second kappa shape index (κ2) is 7.41. The molecule has 0 saturated carbocycles. The van der Waals surface area contributed by atoms with Gasteiger partial charge in [-0.05, 0) is 78.6 Å². The Balaban J connectivity index is 1.97. The topological polar surface area (TPSA) is 38.7 Å². The number of rotatable bonds is 3. The summed E-state index contributed by atoms with van der Waals surface area (Å²) in [6.45, 7) is 4.23. The van der Waals surface area contributed by atoms with Crippen molar-refractivity contribution >= 4 is 15.9 Å². The third-order valence-electron chi connectivity index (χ3n) is 4.48. The quantitative estimate of drug-likeness (QED) is 0.396. The molecule has 4 rings (SSSR count). The molecular formula is C23H18BrN3. The summed E-state index contributed by atoms with van der Waals surface area (Å²) in [5.74, 6) is 0. The van der Waals surface area contributed by atoms with E-state index in [1.165, 1.54) is 16.7 Å². The van der Waals surface area contributed by atoms with E-state index < -0.39 is 0 Å². The predicted molar refractivity (Wildman–Crippen MR) is 113 cm³/mol. The van der Waals surface area contributed by atoms with Gasteiger partial charge in [0.25, 0.3) is 0 Å². The van der Waals surface area contributed by atoms with Gasteiger partial charge in [-0.2, -0.15) is 0 Å². The maximum Gasteiger partial charge on any atom is 0.0900 e. The molecule has 0 saturated heterocycles. The van der Waals surface area contributed by atoms with Crippen LogP contribution in [-0.4, -0.2) is 15.0 Å². The van der Waals surface area contributed by atoms with Gasteiger partial charge in [0.1, 0.15) is 0 Å². The van der Waals surface area contributed by atoms with Crippen molar-refractivity contribution in [3.8, 4) is 33.9 Å². The minimum absolute atomic E-state index is 0.839. The lowest BCUT2D eigenvalue weighted by molar-refractivity contribution is 1.22. The number of nitrogens with zero attached hydrogens (tertiary/aromatic N) is 3. The van der Waals surface area contributed by atoms with Gasteiger partial charge < -0.3 is 0 Å². The fraction of sp³-hybridized carbons (Fsp3) is 0.0870. The number of pyridine rings is 3. The molecule has 4 aromatic rings. The fourth-order valence-corrected chi connectivity index (χ4v) is 3.67. The molecule has 132 valence electrons. The lowest BCUT2D eigenvalue weighted by Gasteiger charge is -2.13. The molecule has 0 unspecified atom stereocenters. The first kappa shape index (κ1) is 17.6. The van der Waals surface area contributed by atoms with Crippen molar-refractivity contribution in [3.05, 3.63) is 88.7 Å². The van der Waals surface area contributed by atoms with E-state index in [0.29, 0.717) is 0 Å². The van der Waals surface area contributed by atoms with E-state index in [4.69, 9.17) is 4.98 Å². The summed E-state index contributed by atoms with van der Waals surface area (Å²) < 4.78 is 1.10. The Kier molecular flexibility index (Phi) is 4.82. The van der Waals surface area contributed by atoms with Gasteiger partial charge in [-0.1, -0.05) is 34.1 Å². The maximum absolute atomic E-state index is 4.84. The van der Waals surface area contributed by atoms with Crippen LogP contribution in [0.1, 0.15) is 11.1 Å². The molecule has 0 aliphatic rings. The summed E-state index contributed by atoms with van der Waals surface area (Å²) >= 11 is 3.68. The fourth-order valence-electron chi connectivity index (χ4n) is 3.09. The van der Waals surface area contributed by atoms with Crippen LogP contribution in [0.4, 0.5) is 0 Å². The molecule has 3 nitrogen and oxygen atoms in total. The molecule has 0 radical (unpaired) electrons. The molecule has 0 N–H and O–H groups in total. The molecule has 3 aromatic heterocycles. The summed E-state index contributed by atoms with van der Waals surface area (Å²) in [5, 5.41) is 0. The molecule has 4 heteroatoms. The van der Waals surface area contributed by atoms with E-state index in [9.17, 15) is 0 Å². The molecule has 0 aliphatic carbocycles. The molecule has 0 atom stereocenters. The molecule has 0 bridgehead atoms. The normalized spacial score (nSPS) is 10.8. The van der Waals surface area contributed by atoms with Gasteiger partial charge in [0.15, 0.2) is 0 Å². The van der Waals surface area contributed by atoms with Crippen LogP contribution in [0.5, 0.6) is 0 Å². The van der Waals surface area contributed by atoms with Crippen LogP contribution in [-0.2, 0) is 0 Å². The highest BCUT2D eigenvalue weighted by Gasteiger charge is 2.13. The number of aryl methyl sites for hydroxylation is 1. The molecular weight excluding hydrogens is 398 g/mol. The van der Waals surface area contributed by atoms with Crippen molar-refractivity contribution in [1.29, 1.82) is 0 Å². The first-order valence-electron chi connectivity index (χ1n) is 8.74. The minimum atomic E-state index is 0.839. The van der Waals surface area contributed by atoms with Crippen LogP contribution in [0, 0.1) is 13.8 Å². The zero-order valence-corrected chi connectivity index (χ0v) is 16.7. The summed E-state index contributed by atoms with van der Waals surface area (Å²) in [7, 11) is 0. The SMILES string of the molecule is Cc1cc(Br)c(C)c(-c2cc(-c3ccccn3)nc(-c3ccccn3)c2)c1. The summed E-state index contributed by atoms with van der Waals surface area (Å²) in [6.07, 6.45) is 3.58. The number of aromatic nitrogens is 3. The highest BCUT2D eigenvalue weighted by Crippen LogP contribution is 2.34. The van der Waals surface area contributed by atoms with Gasteiger partial charge >= 0.3 is 0 Å². The van der Waals surface area contributed by atoms with Gasteiger partial charge in [0, 0.05) is 16.9 Å². The van der Waals surface area contributed by atoms with Crippen molar-refractivity contribution < 1.29 is 0 Å². The van der Waals surface area contributed by atoms with Gasteiger partial charge in [0.05, 0.1) is 22.8 Å². The van der Waals surface area contributed by atoms with Gasteiger partial charge in [-0.3, -0.25) is 9.97 Å². The Hall–Kier alpha value is -2.85. The highest BCUT2D eigenvalue weighted by molar-refractivity contribution is 9.10. The standard InChI is InChI=1S/C23H18BrN3/c1-15-11-18(16(2)19(24)12-15)17-13-22(20-7-3-5-9-25-20)27-23(14-17)21-8-4-6-10-26-21/h3-14H,1-2H3. The van der Waals surface area contributed by atoms with Crippen molar-refractivity contribution in [1.82, 2.24) is 15.0 Å². The summed E-state index contributed by atoms with van der Waals surface area (Å²) in [6, 6.07) is 20.3. The average molecular weight is 416 g/mol. The van der Waals surface area contributed by atoms with E-state index >= 15 is 0 Å². The third kappa shape index (κ3) is 3.67. The molecule has 0 aliphatic heterocycles. The van der Waals surface area contributed by atoms with E-state index in [0.717, 1.165) is 32.8 Å². The number of halogens is 1. The largest absolute Gasteiger partial charge is 0.255 e. The predicted octanol–water partition coefficient (Wildman–Crippen LogP) is 6.25. The lowest BCUT2D eigenvalue weighted by Crippen LogP contribution is -1.95. The summed E-state index contributed by atoms with van der Waals surface area (Å²) in [5.41, 5.74) is 8.06. The molecule has 0 fully saturated rings. The zero-order chi connectivity index (χ0) is 18.8. The molecule has 0 spiro atoms. The zero-order valence-electron chi connectivity index (χ0n) is 15.1. The van der Waals surface area contributed by atoms with Gasteiger partial charge in [-0.15, -0.1) is 0 Å². The third-order valence-corrected chi connectivity index (χ3v) is 5.30. The molecule has 3 heterocycles. The Bertz CT molecular complexity index is 1040. The van der Waals surface area contributed by atoms with Crippen LogP contribution in [0.25, 0.3) is 33.9 Å². The lowest BCUT2D eigenvalue weighted by atomic mass is 9.97. The average Bonchev–Trinajstić information content (AvgIpc) is 2.71. The first-order valence-corrected chi connectivity index (χ1v) is 9.53. The van der Waals surface area contributed by atoms with E-state index in [1.807, 2.05) is 36.4 Å². The van der Waals surface area contributed by atoms with Crippen LogP contribution >= 0.6 is 15.9 Å². The Morgan fingerprint density at radius 3 is 1.81 bits per heavy atom. The molecule has 27 heavy (non-hydrogen) atoms. The van der Waals surface area contributed by atoms with Gasteiger partial charge in [-0.25, -0.2) is 4.98 Å². The Labute approximate surface area is 167 Å². The molecule has 0 amide bonds. The first-order chi connectivity index (χ1) is 13.1. The van der Waals surface area contributed by atoms with Crippen molar-refractivity contribution in [3.63, 3.8) is 0 Å². The van der Waals surface area contributed by atoms with Crippen molar-refractivity contribution in [2.45, 2.75) is 13.8 Å². The van der Waals surface area contributed by atoms with Crippen LogP contribution in [0.3, 0.4) is 0 Å². The van der Waals surface area contributed by atoms with Crippen LogP contribution < -0.4 is 0 Å². The smallest absolute Gasteiger partial charge is 0.0900 e. The highest BCUT2D eigenvalue weighted by atomic mass is 79.9. The van der Waals surface area contributed by atoms with Crippen LogP contribution in [0.2, 0.25) is 0 Å². The van der Waals surface area contributed by atoms with Crippen molar-refractivity contribution in [2.24, 2.45) is 0 Å². The number of hydrogen-bond acceptors (Lipinski definition) is 3. The minimum Gasteiger partial charge on any atom is -0.255 e. The van der Waals surface area contributed by atoms with E-state index in [1.54, 1.807) is 12.4 Å². The van der Waals surface area contributed by atoms with E-state index in [-0.39, 0.29) is 0 Å². The summed E-state index contributed by atoms with van der Waals surface area (Å²) in [4.78, 5) is 13.8. The Morgan fingerprint density at radius 1 is 0.704 bits per heavy atom. The van der Waals surface area contributed by atoms with E-state index in [2.05, 4.69) is 64.0 Å². The van der Waals surface area contributed by atoms with Gasteiger partial charge in [0.2, 0.25) is 0 Å². The number of benzene rings is 1. The Morgan fingerprint density at radius 2 is 1.30 bits per heavy atom. The second-order valence-electron chi connectivity index (χ2n) is 6.48. The van der Waals surface area contributed by atoms with Crippen molar-refractivity contribution in [2.75, 3.05) is 0 Å².